The van der Waals surface area contributed by atoms with Crippen molar-refractivity contribution < 1.29 is 21.8 Å². The SMILES string of the molecule is O=S(=O)(O)c1ccccc1C(c1ccc(N(CF)c2ccccc2)cc1)c1ccc(N(CF)c2ccccc2)cc1. The van der Waals surface area contributed by atoms with Crippen molar-refractivity contribution in [2.75, 3.05) is 23.4 Å². The summed E-state index contributed by atoms with van der Waals surface area (Å²) in [7, 11) is -4.53. The van der Waals surface area contributed by atoms with Gasteiger partial charge in [0.1, 0.15) is 0 Å². The fourth-order valence-corrected chi connectivity index (χ4v) is 5.72. The van der Waals surface area contributed by atoms with E-state index in [0.29, 0.717) is 28.3 Å². The maximum absolute atomic E-state index is 14.1. The second-order valence-electron chi connectivity index (χ2n) is 9.40. The molecule has 8 heteroatoms. The summed E-state index contributed by atoms with van der Waals surface area (Å²) < 4.78 is 62.9. The van der Waals surface area contributed by atoms with Crippen LogP contribution in [0.5, 0.6) is 0 Å². The maximum atomic E-state index is 14.1. The average molecular weight is 571 g/mol. The van der Waals surface area contributed by atoms with Crippen LogP contribution in [0.25, 0.3) is 0 Å². The first-order valence-electron chi connectivity index (χ1n) is 12.9. The van der Waals surface area contributed by atoms with Gasteiger partial charge in [-0.3, -0.25) is 4.55 Å². The molecule has 0 radical (unpaired) electrons. The Morgan fingerprint density at radius 2 is 0.902 bits per heavy atom. The van der Waals surface area contributed by atoms with E-state index < -0.39 is 29.6 Å². The monoisotopic (exact) mass is 570 g/mol. The number of anilines is 4. The number of para-hydroxylation sites is 2. The molecule has 5 rings (SSSR count). The molecule has 0 fully saturated rings. The van der Waals surface area contributed by atoms with Gasteiger partial charge in [-0.15, -0.1) is 0 Å². The second kappa shape index (κ2) is 12.3. The highest BCUT2D eigenvalue weighted by Crippen LogP contribution is 2.38. The molecule has 0 aliphatic carbocycles. The van der Waals surface area contributed by atoms with E-state index in [-0.39, 0.29) is 4.90 Å². The Balaban J connectivity index is 1.58. The first kappa shape index (κ1) is 28.0. The second-order valence-corrected chi connectivity index (χ2v) is 10.8. The lowest BCUT2D eigenvalue weighted by Crippen LogP contribution is -2.16. The van der Waals surface area contributed by atoms with Crippen LogP contribution in [-0.2, 0) is 10.1 Å². The van der Waals surface area contributed by atoms with Crippen molar-refractivity contribution in [2.24, 2.45) is 0 Å². The molecular formula is C33H28F2N2O3S. The van der Waals surface area contributed by atoms with Gasteiger partial charge in [0.15, 0.2) is 13.6 Å². The Bertz CT molecular complexity index is 1590. The van der Waals surface area contributed by atoms with Crippen molar-refractivity contribution in [3.05, 3.63) is 150 Å². The molecule has 0 heterocycles. The molecule has 0 unspecified atom stereocenters. The van der Waals surface area contributed by atoms with Crippen LogP contribution >= 0.6 is 0 Å². The van der Waals surface area contributed by atoms with Gasteiger partial charge in [0, 0.05) is 28.7 Å². The van der Waals surface area contributed by atoms with Crippen LogP contribution in [0.2, 0.25) is 0 Å². The molecule has 0 atom stereocenters. The van der Waals surface area contributed by atoms with E-state index in [1.165, 1.54) is 15.9 Å². The first-order chi connectivity index (χ1) is 19.9. The fraction of sp³-hybridized carbons (Fsp3) is 0.0909. The zero-order valence-corrected chi connectivity index (χ0v) is 22.8. The quantitative estimate of drug-likeness (QED) is 0.104. The summed E-state index contributed by atoms with van der Waals surface area (Å²) in [6.07, 6.45) is 0. The molecule has 0 spiro atoms. The third-order valence-corrected chi connectivity index (χ3v) is 7.89. The minimum atomic E-state index is -4.53. The molecule has 208 valence electrons. The number of hydrogen-bond donors (Lipinski definition) is 1. The minimum Gasteiger partial charge on any atom is -0.313 e. The smallest absolute Gasteiger partial charge is 0.294 e. The number of nitrogens with zero attached hydrogens (tertiary/aromatic N) is 2. The van der Waals surface area contributed by atoms with Crippen molar-refractivity contribution in [1.82, 2.24) is 0 Å². The molecule has 5 aromatic rings. The summed E-state index contributed by atoms with van der Waals surface area (Å²) in [6, 6.07) is 39.0. The van der Waals surface area contributed by atoms with Crippen LogP contribution in [-0.4, -0.2) is 26.6 Å². The zero-order chi connectivity index (χ0) is 28.8. The van der Waals surface area contributed by atoms with Crippen molar-refractivity contribution in [1.29, 1.82) is 0 Å². The zero-order valence-electron chi connectivity index (χ0n) is 22.0. The van der Waals surface area contributed by atoms with Gasteiger partial charge in [-0.25, -0.2) is 8.78 Å². The summed E-state index contributed by atoms with van der Waals surface area (Å²) in [5.41, 5.74) is 4.49. The molecule has 0 aliphatic rings. The molecule has 0 saturated carbocycles. The van der Waals surface area contributed by atoms with E-state index in [1.807, 2.05) is 84.9 Å². The molecule has 1 N–H and O–H groups in total. The third kappa shape index (κ3) is 6.14. The topological polar surface area (TPSA) is 60.9 Å². The van der Waals surface area contributed by atoms with Gasteiger partial charge in [0.25, 0.3) is 10.1 Å². The summed E-state index contributed by atoms with van der Waals surface area (Å²) in [4.78, 5) is 2.84. The Labute approximate surface area is 238 Å². The molecule has 0 aromatic heterocycles. The molecule has 0 aliphatic heterocycles. The summed E-state index contributed by atoms with van der Waals surface area (Å²) in [6.45, 7) is -1.46. The van der Waals surface area contributed by atoms with Gasteiger partial charge in [0.05, 0.1) is 4.90 Å². The Morgan fingerprint density at radius 1 is 0.537 bits per heavy atom. The number of alkyl halides is 2. The number of rotatable bonds is 10. The lowest BCUT2D eigenvalue weighted by molar-refractivity contribution is 0.482. The Kier molecular flexibility index (Phi) is 8.42. The normalized spacial score (nSPS) is 11.4. The van der Waals surface area contributed by atoms with E-state index in [4.69, 9.17) is 0 Å². The molecule has 0 amide bonds. The Hall–Kier alpha value is -4.53. The standard InChI is InChI=1S/C33H28F2N2O3S/c34-23-36(27-9-3-1-4-10-27)29-19-15-25(16-20-29)33(31-13-7-8-14-32(31)41(38,39)40)26-17-21-30(22-18-26)37(24-35)28-11-5-2-6-12-28/h1-22,33H,23-24H2,(H,38,39,40). The molecule has 41 heavy (non-hydrogen) atoms. The molecule has 5 aromatic carbocycles. The number of benzene rings is 5. The predicted octanol–water partition coefficient (Wildman–Crippen LogP) is 8.24. The largest absolute Gasteiger partial charge is 0.313 e. The molecule has 0 saturated heterocycles. The highest BCUT2D eigenvalue weighted by Gasteiger charge is 2.25. The maximum Gasteiger partial charge on any atom is 0.294 e. The van der Waals surface area contributed by atoms with Gasteiger partial charge >= 0.3 is 0 Å². The summed E-state index contributed by atoms with van der Waals surface area (Å²) >= 11 is 0. The van der Waals surface area contributed by atoms with Crippen LogP contribution in [0.4, 0.5) is 31.5 Å². The van der Waals surface area contributed by atoms with E-state index in [1.54, 1.807) is 42.5 Å². The van der Waals surface area contributed by atoms with Gasteiger partial charge in [-0.1, -0.05) is 78.9 Å². The van der Waals surface area contributed by atoms with Crippen LogP contribution in [0, 0.1) is 0 Å². The van der Waals surface area contributed by atoms with Crippen LogP contribution in [0.15, 0.2) is 138 Å². The fourth-order valence-electron chi connectivity index (χ4n) is 4.99. The third-order valence-electron chi connectivity index (χ3n) is 6.96. The van der Waals surface area contributed by atoms with Crippen molar-refractivity contribution in [3.63, 3.8) is 0 Å². The van der Waals surface area contributed by atoms with Gasteiger partial charge in [-0.05, 0) is 71.3 Å². The lowest BCUT2D eigenvalue weighted by atomic mass is 9.85. The molecule has 5 nitrogen and oxygen atoms in total. The van der Waals surface area contributed by atoms with E-state index >= 15 is 0 Å². The van der Waals surface area contributed by atoms with Gasteiger partial charge in [0.2, 0.25) is 0 Å². The van der Waals surface area contributed by atoms with Crippen LogP contribution < -0.4 is 9.80 Å². The van der Waals surface area contributed by atoms with Crippen LogP contribution in [0.1, 0.15) is 22.6 Å². The highest BCUT2D eigenvalue weighted by atomic mass is 32.2. The van der Waals surface area contributed by atoms with Crippen LogP contribution in [0.3, 0.4) is 0 Å². The summed E-state index contributed by atoms with van der Waals surface area (Å²) in [5, 5.41) is 0. The van der Waals surface area contributed by atoms with E-state index in [9.17, 15) is 21.8 Å². The predicted molar refractivity (Wildman–Crippen MR) is 159 cm³/mol. The van der Waals surface area contributed by atoms with Crippen molar-refractivity contribution in [3.8, 4) is 0 Å². The van der Waals surface area contributed by atoms with Crippen molar-refractivity contribution in [2.45, 2.75) is 10.8 Å². The van der Waals surface area contributed by atoms with Gasteiger partial charge in [-0.2, -0.15) is 8.42 Å². The van der Waals surface area contributed by atoms with Gasteiger partial charge < -0.3 is 9.80 Å². The average Bonchev–Trinajstić information content (AvgIpc) is 3.00. The van der Waals surface area contributed by atoms with E-state index in [2.05, 4.69) is 0 Å². The lowest BCUT2D eigenvalue weighted by Gasteiger charge is -2.25. The minimum absolute atomic E-state index is 0.206. The number of halogens is 2. The molecule has 0 bridgehead atoms. The highest BCUT2D eigenvalue weighted by molar-refractivity contribution is 7.85. The first-order valence-corrected chi connectivity index (χ1v) is 14.4. The molecular weight excluding hydrogens is 542 g/mol. The number of hydrogen-bond acceptors (Lipinski definition) is 4. The summed E-state index contributed by atoms with van der Waals surface area (Å²) in [5.74, 6) is -0.595. The van der Waals surface area contributed by atoms with Crippen molar-refractivity contribution >= 4 is 32.9 Å². The Morgan fingerprint density at radius 3 is 1.29 bits per heavy atom. The van der Waals surface area contributed by atoms with E-state index in [0.717, 1.165) is 11.1 Å².